The maximum atomic E-state index is 5.44. The van der Waals surface area contributed by atoms with E-state index in [-0.39, 0.29) is 12.1 Å². The summed E-state index contributed by atoms with van der Waals surface area (Å²) in [5, 5.41) is 14.2. The van der Waals surface area contributed by atoms with Gasteiger partial charge in [0.15, 0.2) is 10.2 Å². The van der Waals surface area contributed by atoms with Gasteiger partial charge in [0.1, 0.15) is 0 Å². The molecule has 0 aliphatic carbocycles. The molecule has 0 aliphatic heterocycles. The lowest BCUT2D eigenvalue weighted by atomic mass is 10.1. The zero-order valence-electron chi connectivity index (χ0n) is 17.1. The first-order chi connectivity index (χ1) is 14.5. The van der Waals surface area contributed by atoms with E-state index in [0.29, 0.717) is 10.2 Å². The molecule has 0 heterocycles. The number of benzene rings is 3. The molecule has 0 amide bonds. The molecule has 0 fully saturated rings. The predicted molar refractivity (Wildman–Crippen MR) is 135 cm³/mol. The van der Waals surface area contributed by atoms with Crippen LogP contribution in [0.25, 0.3) is 0 Å². The lowest BCUT2D eigenvalue weighted by Gasteiger charge is -2.18. The van der Waals surface area contributed by atoms with E-state index in [4.69, 9.17) is 24.4 Å². The third kappa shape index (κ3) is 6.54. The van der Waals surface area contributed by atoms with Crippen LogP contribution in [0.15, 0.2) is 84.9 Å². The Balaban J connectivity index is 1.48. The predicted octanol–water partition coefficient (Wildman–Crippen LogP) is 5.78. The maximum absolute atomic E-state index is 5.44. The zero-order valence-corrected chi connectivity index (χ0v) is 18.7. The van der Waals surface area contributed by atoms with Gasteiger partial charge in [-0.3, -0.25) is 0 Å². The first-order valence-electron chi connectivity index (χ1n) is 9.86. The molecule has 0 bridgehead atoms. The van der Waals surface area contributed by atoms with Crippen molar-refractivity contribution in [2.75, 3.05) is 10.6 Å². The van der Waals surface area contributed by atoms with Crippen LogP contribution in [0.1, 0.15) is 37.1 Å². The van der Waals surface area contributed by atoms with Crippen LogP contribution in [0.4, 0.5) is 11.4 Å². The zero-order chi connectivity index (χ0) is 21.3. The van der Waals surface area contributed by atoms with Crippen molar-refractivity contribution < 1.29 is 0 Å². The van der Waals surface area contributed by atoms with Gasteiger partial charge in [-0.2, -0.15) is 0 Å². The first kappa shape index (κ1) is 21.7. The molecule has 3 aromatic carbocycles. The highest BCUT2D eigenvalue weighted by Gasteiger charge is 2.08. The average molecular weight is 435 g/mol. The number of hydrogen-bond acceptors (Lipinski definition) is 2. The third-order valence-corrected chi connectivity index (χ3v) is 5.13. The van der Waals surface area contributed by atoms with Crippen LogP contribution in [-0.4, -0.2) is 10.2 Å². The van der Waals surface area contributed by atoms with Crippen molar-refractivity contribution in [1.82, 2.24) is 10.6 Å². The van der Waals surface area contributed by atoms with Crippen molar-refractivity contribution in [2.24, 2.45) is 0 Å². The lowest BCUT2D eigenvalue weighted by Crippen LogP contribution is -2.31. The van der Waals surface area contributed by atoms with Crippen molar-refractivity contribution >= 4 is 46.0 Å². The minimum absolute atomic E-state index is 0.127. The Kier molecular flexibility index (Phi) is 7.76. The summed E-state index contributed by atoms with van der Waals surface area (Å²) < 4.78 is 0. The molecule has 0 unspecified atom stereocenters. The number of rotatable bonds is 6. The Labute approximate surface area is 189 Å². The van der Waals surface area contributed by atoms with Crippen LogP contribution in [0.3, 0.4) is 0 Å². The molecule has 3 rings (SSSR count). The van der Waals surface area contributed by atoms with Crippen LogP contribution in [-0.2, 0) is 0 Å². The SMILES string of the molecule is C[C@H](NC(=S)Nc1ccc(NC(=S)N[C@@H](C)c2ccccc2)cc1)c1ccccc1. The van der Waals surface area contributed by atoms with Crippen molar-refractivity contribution in [1.29, 1.82) is 0 Å². The van der Waals surface area contributed by atoms with Gasteiger partial charge >= 0.3 is 0 Å². The second-order valence-corrected chi connectivity index (χ2v) is 7.86. The summed E-state index contributed by atoms with van der Waals surface area (Å²) in [5.74, 6) is 0. The van der Waals surface area contributed by atoms with Crippen LogP contribution < -0.4 is 21.3 Å². The van der Waals surface area contributed by atoms with Gasteiger partial charge < -0.3 is 21.3 Å². The van der Waals surface area contributed by atoms with Gasteiger partial charge in [0.25, 0.3) is 0 Å². The molecule has 6 heteroatoms. The quantitative estimate of drug-likeness (QED) is 0.369. The molecule has 0 aromatic heterocycles. The summed E-state index contributed by atoms with van der Waals surface area (Å²) in [5.41, 5.74) is 4.20. The van der Waals surface area contributed by atoms with Crippen LogP contribution in [0.5, 0.6) is 0 Å². The third-order valence-electron chi connectivity index (χ3n) is 4.69. The summed E-state index contributed by atoms with van der Waals surface area (Å²) >= 11 is 10.9. The topological polar surface area (TPSA) is 48.1 Å². The van der Waals surface area contributed by atoms with Crippen molar-refractivity contribution in [2.45, 2.75) is 25.9 Å². The fraction of sp³-hybridized carbons (Fsp3) is 0.167. The van der Waals surface area contributed by atoms with E-state index in [0.717, 1.165) is 11.4 Å². The second-order valence-electron chi connectivity index (χ2n) is 7.04. The molecule has 0 saturated carbocycles. The first-order valence-corrected chi connectivity index (χ1v) is 10.7. The Morgan fingerprint density at radius 2 is 0.900 bits per heavy atom. The standard InChI is InChI=1S/C24H26N4S2/c1-17(19-9-5-3-6-10-19)25-23(29)27-21-13-15-22(16-14-21)28-24(30)26-18(2)20-11-7-4-8-12-20/h3-18H,1-2H3,(H2,25,27,29)(H2,26,28,30)/t17-,18-/m0/s1. The van der Waals surface area contributed by atoms with Gasteiger partial charge in [-0.15, -0.1) is 0 Å². The highest BCUT2D eigenvalue weighted by Crippen LogP contribution is 2.16. The molecule has 30 heavy (non-hydrogen) atoms. The number of anilines is 2. The fourth-order valence-electron chi connectivity index (χ4n) is 3.01. The molecule has 2 atom stereocenters. The fourth-order valence-corrected chi connectivity index (χ4v) is 3.60. The Morgan fingerprint density at radius 3 is 1.23 bits per heavy atom. The molecule has 3 aromatic rings. The summed E-state index contributed by atoms with van der Waals surface area (Å²) in [4.78, 5) is 0. The number of nitrogens with one attached hydrogen (secondary N) is 4. The summed E-state index contributed by atoms with van der Waals surface area (Å²) in [6.07, 6.45) is 0. The van der Waals surface area contributed by atoms with Gasteiger partial charge in [-0.1, -0.05) is 60.7 Å². The minimum Gasteiger partial charge on any atom is -0.356 e. The molecule has 4 N–H and O–H groups in total. The normalized spacial score (nSPS) is 12.3. The highest BCUT2D eigenvalue weighted by atomic mass is 32.1. The van der Waals surface area contributed by atoms with E-state index in [1.807, 2.05) is 60.7 Å². The second kappa shape index (κ2) is 10.7. The van der Waals surface area contributed by atoms with Gasteiger partial charge in [0.05, 0.1) is 12.1 Å². The van der Waals surface area contributed by atoms with Gasteiger partial charge in [-0.05, 0) is 73.7 Å². The molecule has 4 nitrogen and oxygen atoms in total. The van der Waals surface area contributed by atoms with E-state index < -0.39 is 0 Å². The van der Waals surface area contributed by atoms with Crippen LogP contribution in [0, 0.1) is 0 Å². The van der Waals surface area contributed by atoms with Crippen molar-refractivity contribution in [3.05, 3.63) is 96.1 Å². The van der Waals surface area contributed by atoms with E-state index in [2.05, 4.69) is 59.4 Å². The molecule has 0 saturated heterocycles. The van der Waals surface area contributed by atoms with Crippen molar-refractivity contribution in [3.8, 4) is 0 Å². The van der Waals surface area contributed by atoms with Crippen LogP contribution in [0.2, 0.25) is 0 Å². The van der Waals surface area contributed by atoms with Gasteiger partial charge in [0.2, 0.25) is 0 Å². The monoisotopic (exact) mass is 434 g/mol. The van der Waals surface area contributed by atoms with E-state index in [1.54, 1.807) is 0 Å². The Bertz CT molecular complexity index is 879. The smallest absolute Gasteiger partial charge is 0.171 e. The summed E-state index contributed by atoms with van der Waals surface area (Å²) in [6.45, 7) is 4.17. The van der Waals surface area contributed by atoms with Gasteiger partial charge in [0, 0.05) is 11.4 Å². The van der Waals surface area contributed by atoms with E-state index >= 15 is 0 Å². The molecule has 0 aliphatic rings. The molecule has 0 spiro atoms. The largest absolute Gasteiger partial charge is 0.356 e. The Morgan fingerprint density at radius 1 is 0.567 bits per heavy atom. The Hall–Kier alpha value is -2.96. The number of thiocarbonyl (C=S) groups is 2. The molecular weight excluding hydrogens is 408 g/mol. The average Bonchev–Trinajstić information content (AvgIpc) is 2.76. The molecular formula is C24H26N4S2. The summed E-state index contributed by atoms with van der Waals surface area (Å²) in [7, 11) is 0. The highest BCUT2D eigenvalue weighted by molar-refractivity contribution is 7.80. The van der Waals surface area contributed by atoms with E-state index in [1.165, 1.54) is 11.1 Å². The van der Waals surface area contributed by atoms with Gasteiger partial charge in [-0.25, -0.2) is 0 Å². The summed E-state index contributed by atoms with van der Waals surface area (Å²) in [6, 6.07) is 28.5. The van der Waals surface area contributed by atoms with E-state index in [9.17, 15) is 0 Å². The molecule has 154 valence electrons. The van der Waals surface area contributed by atoms with Crippen LogP contribution >= 0.6 is 24.4 Å². The minimum atomic E-state index is 0.127. The number of hydrogen-bond donors (Lipinski definition) is 4. The van der Waals surface area contributed by atoms with Crippen molar-refractivity contribution in [3.63, 3.8) is 0 Å². The molecule has 0 radical (unpaired) electrons. The maximum Gasteiger partial charge on any atom is 0.171 e. The lowest BCUT2D eigenvalue weighted by molar-refractivity contribution is 0.722.